The third-order valence-corrected chi connectivity index (χ3v) is 3.43. The highest BCUT2D eigenvalue weighted by Crippen LogP contribution is 2.32. The maximum absolute atomic E-state index is 12.0. The third kappa shape index (κ3) is 2.71. The molecule has 2 N–H and O–H groups in total. The van der Waals surface area contributed by atoms with Crippen LogP contribution in [0.15, 0.2) is 57.5 Å². The van der Waals surface area contributed by atoms with Gasteiger partial charge in [0.2, 0.25) is 0 Å². The summed E-state index contributed by atoms with van der Waals surface area (Å²) < 4.78 is 0. The summed E-state index contributed by atoms with van der Waals surface area (Å²) in [5.74, 6) is -0.216. The number of nitrogens with zero attached hydrogens (tertiary/aromatic N) is 2. The zero-order valence-corrected chi connectivity index (χ0v) is 12.4. The van der Waals surface area contributed by atoms with Crippen LogP contribution >= 0.6 is 11.6 Å². The zero-order chi connectivity index (χ0) is 15.7. The maximum Gasteiger partial charge on any atom is 0.280 e. The minimum Gasteiger partial charge on any atom is -0.505 e. The van der Waals surface area contributed by atoms with Crippen LogP contribution in [-0.2, 0) is 0 Å². The summed E-state index contributed by atoms with van der Waals surface area (Å²) in [5, 5.41) is 19.1. The Morgan fingerprint density at radius 3 is 2.73 bits per heavy atom. The van der Waals surface area contributed by atoms with Gasteiger partial charge in [-0.05, 0) is 42.8 Å². The first kappa shape index (κ1) is 14.3. The first-order chi connectivity index (χ1) is 10.5. The third-order valence-electron chi connectivity index (χ3n) is 3.19. The molecule has 1 heterocycles. The molecule has 22 heavy (non-hydrogen) atoms. The average molecular weight is 314 g/mol. The van der Waals surface area contributed by atoms with Crippen molar-refractivity contribution in [3.8, 4) is 5.75 Å². The van der Waals surface area contributed by atoms with Gasteiger partial charge in [0.1, 0.15) is 0 Å². The van der Waals surface area contributed by atoms with E-state index in [1.807, 2.05) is 25.1 Å². The summed E-state index contributed by atoms with van der Waals surface area (Å²) in [5.41, 5.74) is 1.43. The quantitative estimate of drug-likeness (QED) is 0.678. The van der Waals surface area contributed by atoms with Crippen molar-refractivity contribution < 1.29 is 5.11 Å². The molecular weight excluding hydrogens is 302 g/mol. The maximum atomic E-state index is 12.0. The molecule has 0 spiro atoms. The van der Waals surface area contributed by atoms with Gasteiger partial charge in [0.05, 0.1) is 11.2 Å². The smallest absolute Gasteiger partial charge is 0.280 e. The van der Waals surface area contributed by atoms with E-state index in [1.165, 1.54) is 0 Å². The lowest BCUT2D eigenvalue weighted by Crippen LogP contribution is -2.05. The molecule has 0 radical (unpaired) electrons. The van der Waals surface area contributed by atoms with Crippen molar-refractivity contribution in [3.63, 3.8) is 0 Å². The number of rotatable bonds is 2. The number of hydrogen-bond acceptors (Lipinski definition) is 4. The minimum absolute atomic E-state index is 0.128. The predicted octanol–water partition coefficient (Wildman–Crippen LogP) is 4.61. The number of aromatic amines is 1. The lowest BCUT2D eigenvalue weighted by Gasteiger charge is -2.03. The molecule has 0 amide bonds. The lowest BCUT2D eigenvalue weighted by atomic mass is 10.2. The fourth-order valence-corrected chi connectivity index (χ4v) is 2.31. The number of nitrogens with one attached hydrogen (secondary N) is 1. The molecule has 3 rings (SSSR count). The summed E-state index contributed by atoms with van der Waals surface area (Å²) in [6, 6.07) is 12.2. The molecule has 2 aromatic carbocycles. The van der Waals surface area contributed by atoms with Crippen molar-refractivity contribution in [3.05, 3.63) is 63.4 Å². The Morgan fingerprint density at radius 2 is 1.95 bits per heavy atom. The molecule has 0 unspecified atom stereocenters. The van der Waals surface area contributed by atoms with E-state index in [-0.39, 0.29) is 11.4 Å². The van der Waals surface area contributed by atoms with Gasteiger partial charge in [-0.2, -0.15) is 5.11 Å². The molecule has 110 valence electrons. The van der Waals surface area contributed by atoms with Crippen LogP contribution in [0.25, 0.3) is 10.9 Å². The van der Waals surface area contributed by atoms with Crippen molar-refractivity contribution in [2.45, 2.75) is 6.92 Å². The van der Waals surface area contributed by atoms with Crippen molar-refractivity contribution in [1.29, 1.82) is 0 Å². The van der Waals surface area contributed by atoms with Crippen molar-refractivity contribution in [2.75, 3.05) is 0 Å². The van der Waals surface area contributed by atoms with E-state index in [0.29, 0.717) is 21.6 Å². The molecule has 0 saturated heterocycles. The Kier molecular flexibility index (Phi) is 3.65. The van der Waals surface area contributed by atoms with Gasteiger partial charge < -0.3 is 10.1 Å². The molecular formula is C16H12ClN3O2. The first-order valence-corrected chi connectivity index (χ1v) is 6.95. The number of H-pyrrole nitrogens is 1. The highest BCUT2D eigenvalue weighted by molar-refractivity contribution is 6.31. The summed E-state index contributed by atoms with van der Waals surface area (Å²) in [6.07, 6.45) is 0. The van der Waals surface area contributed by atoms with E-state index in [2.05, 4.69) is 15.2 Å². The Balaban J connectivity index is 2.11. The number of azo groups is 1. The van der Waals surface area contributed by atoms with Crippen LogP contribution in [0.1, 0.15) is 5.56 Å². The highest BCUT2D eigenvalue weighted by atomic mass is 35.5. The van der Waals surface area contributed by atoms with E-state index in [9.17, 15) is 9.90 Å². The van der Waals surface area contributed by atoms with Crippen molar-refractivity contribution in [2.24, 2.45) is 10.2 Å². The van der Waals surface area contributed by atoms with Gasteiger partial charge in [0, 0.05) is 10.4 Å². The Labute approximate surface area is 130 Å². The van der Waals surface area contributed by atoms with Gasteiger partial charge in [-0.1, -0.05) is 23.7 Å². The summed E-state index contributed by atoms with van der Waals surface area (Å²) in [7, 11) is 0. The number of fused-ring (bicyclic) bond motifs is 1. The first-order valence-electron chi connectivity index (χ1n) is 6.57. The topological polar surface area (TPSA) is 77.8 Å². The molecule has 0 saturated carbocycles. The van der Waals surface area contributed by atoms with Gasteiger partial charge in [0.25, 0.3) is 5.56 Å². The van der Waals surface area contributed by atoms with Gasteiger partial charge in [0.15, 0.2) is 11.4 Å². The fourth-order valence-electron chi connectivity index (χ4n) is 2.13. The van der Waals surface area contributed by atoms with Gasteiger partial charge in [-0.25, -0.2) is 0 Å². The number of hydrogen-bond donors (Lipinski definition) is 2. The number of pyridine rings is 1. The highest BCUT2D eigenvalue weighted by Gasteiger charge is 2.11. The second-order valence-corrected chi connectivity index (χ2v) is 5.32. The molecule has 3 aromatic rings. The monoisotopic (exact) mass is 313 g/mol. The van der Waals surface area contributed by atoms with Crippen molar-refractivity contribution >= 4 is 33.9 Å². The number of halogens is 1. The number of aryl methyl sites for hydroxylation is 1. The van der Waals surface area contributed by atoms with Crippen LogP contribution in [0.3, 0.4) is 0 Å². The van der Waals surface area contributed by atoms with E-state index >= 15 is 0 Å². The van der Waals surface area contributed by atoms with E-state index < -0.39 is 5.56 Å². The summed E-state index contributed by atoms with van der Waals surface area (Å²) in [6.45, 7) is 1.93. The molecule has 0 aliphatic carbocycles. The van der Waals surface area contributed by atoms with Crippen LogP contribution in [0, 0.1) is 6.92 Å². The second-order valence-electron chi connectivity index (χ2n) is 4.88. The minimum atomic E-state index is -0.524. The Bertz CT molecular complexity index is 948. The average Bonchev–Trinajstić information content (AvgIpc) is 2.46. The molecule has 0 aliphatic heterocycles. The number of aromatic hydroxyl groups is 1. The standard InChI is InChI=1S/C16H12ClN3O2/c1-9-3-2-4-11(7-9)19-20-14-15(21)12-6-5-10(17)8-13(12)18-16(14)22/h2-8H,1H3,(H2,18,21,22). The van der Waals surface area contributed by atoms with E-state index in [4.69, 9.17) is 11.6 Å². The normalized spacial score (nSPS) is 11.4. The molecule has 0 aliphatic rings. The van der Waals surface area contributed by atoms with Crippen molar-refractivity contribution in [1.82, 2.24) is 4.98 Å². The van der Waals surface area contributed by atoms with Crippen LogP contribution in [-0.4, -0.2) is 10.1 Å². The number of benzene rings is 2. The fraction of sp³-hybridized carbons (Fsp3) is 0.0625. The SMILES string of the molecule is Cc1cccc(N=Nc2c(O)c3ccc(Cl)cc3[nH]c2=O)c1. The molecule has 0 atom stereocenters. The van der Waals surface area contributed by atoms with E-state index in [0.717, 1.165) is 5.56 Å². The Hall–Kier alpha value is -2.66. The lowest BCUT2D eigenvalue weighted by molar-refractivity contribution is 0.481. The number of aromatic nitrogens is 1. The summed E-state index contributed by atoms with van der Waals surface area (Å²) >= 11 is 5.87. The van der Waals surface area contributed by atoms with Gasteiger partial charge in [-0.15, -0.1) is 5.11 Å². The Morgan fingerprint density at radius 1 is 1.14 bits per heavy atom. The molecule has 1 aromatic heterocycles. The second kappa shape index (κ2) is 5.61. The molecule has 0 fully saturated rings. The predicted molar refractivity (Wildman–Crippen MR) is 86.6 cm³/mol. The van der Waals surface area contributed by atoms with Crippen LogP contribution in [0.5, 0.6) is 5.75 Å². The van der Waals surface area contributed by atoms with Gasteiger partial charge in [-0.3, -0.25) is 4.79 Å². The zero-order valence-electron chi connectivity index (χ0n) is 11.7. The van der Waals surface area contributed by atoms with E-state index in [1.54, 1.807) is 24.3 Å². The summed E-state index contributed by atoms with van der Waals surface area (Å²) in [4.78, 5) is 14.7. The molecule has 5 nitrogen and oxygen atoms in total. The largest absolute Gasteiger partial charge is 0.505 e. The van der Waals surface area contributed by atoms with Crippen LogP contribution in [0.2, 0.25) is 5.02 Å². The van der Waals surface area contributed by atoms with Crippen LogP contribution < -0.4 is 5.56 Å². The molecule has 6 heteroatoms. The van der Waals surface area contributed by atoms with Gasteiger partial charge >= 0.3 is 0 Å². The molecule has 0 bridgehead atoms. The van der Waals surface area contributed by atoms with Crippen LogP contribution in [0.4, 0.5) is 11.4 Å².